The lowest BCUT2D eigenvalue weighted by Crippen LogP contribution is -2.36. The molecule has 1 aromatic carbocycles. The maximum atomic E-state index is 14.0. The average molecular weight is 310 g/mol. The summed E-state index contributed by atoms with van der Waals surface area (Å²) in [5.41, 5.74) is 5.66. The molecule has 0 bridgehead atoms. The van der Waals surface area contributed by atoms with Gasteiger partial charge in [0.1, 0.15) is 10.7 Å². The van der Waals surface area contributed by atoms with Gasteiger partial charge in [0.15, 0.2) is 0 Å². The van der Waals surface area contributed by atoms with Crippen LogP contribution < -0.4 is 10.5 Å². The van der Waals surface area contributed by atoms with Crippen LogP contribution in [0.3, 0.4) is 0 Å². The second-order valence-corrected chi connectivity index (χ2v) is 6.79. The van der Waals surface area contributed by atoms with E-state index >= 15 is 0 Å². The van der Waals surface area contributed by atoms with E-state index in [1.54, 1.807) is 0 Å². The van der Waals surface area contributed by atoms with Gasteiger partial charge in [-0.25, -0.2) is 17.5 Å². The van der Waals surface area contributed by atoms with Crippen molar-refractivity contribution in [2.75, 3.05) is 6.54 Å². The van der Waals surface area contributed by atoms with Crippen LogP contribution in [-0.2, 0) is 10.0 Å². The largest absolute Gasteiger partial charge is 0.320 e. The Balaban J connectivity index is 2.19. The molecule has 1 aliphatic carbocycles. The van der Waals surface area contributed by atoms with E-state index in [9.17, 15) is 12.8 Å². The van der Waals surface area contributed by atoms with Crippen molar-refractivity contribution in [1.82, 2.24) is 4.72 Å². The van der Waals surface area contributed by atoms with Gasteiger partial charge in [-0.3, -0.25) is 0 Å². The maximum Gasteiger partial charge on any atom is 0.243 e. The van der Waals surface area contributed by atoms with Gasteiger partial charge in [-0.15, -0.1) is 0 Å². The molecule has 4 nitrogen and oxygen atoms in total. The molecule has 1 fully saturated rings. The molecule has 1 aliphatic rings. The van der Waals surface area contributed by atoms with E-state index in [1.165, 1.54) is 12.1 Å². The first-order valence-corrected chi connectivity index (χ1v) is 8.52. The van der Waals surface area contributed by atoms with Crippen LogP contribution in [0.1, 0.15) is 37.7 Å². The average Bonchev–Trinajstić information content (AvgIpc) is 2.45. The monoisotopic (exact) mass is 310 g/mol. The second-order valence-electron chi connectivity index (χ2n) is 5.11. The summed E-state index contributed by atoms with van der Waals surface area (Å²) in [6.07, 6.45) is 4.75. The van der Waals surface area contributed by atoms with E-state index in [-0.39, 0.29) is 17.5 Å². The van der Waals surface area contributed by atoms with Crippen molar-refractivity contribution >= 4 is 10.0 Å². The van der Waals surface area contributed by atoms with Crippen molar-refractivity contribution in [1.29, 1.82) is 0 Å². The highest BCUT2D eigenvalue weighted by Gasteiger charge is 2.24. The first-order valence-electron chi connectivity index (χ1n) is 7.04. The molecule has 0 heterocycles. The Hall–Kier alpha value is -1.42. The van der Waals surface area contributed by atoms with Gasteiger partial charge in [0.2, 0.25) is 10.0 Å². The molecule has 3 N–H and O–H groups in total. The van der Waals surface area contributed by atoms with E-state index in [4.69, 9.17) is 5.73 Å². The Morgan fingerprint density at radius 3 is 2.62 bits per heavy atom. The number of benzene rings is 1. The van der Waals surface area contributed by atoms with Crippen LogP contribution >= 0.6 is 0 Å². The predicted molar refractivity (Wildman–Crippen MR) is 79.5 cm³/mol. The van der Waals surface area contributed by atoms with Crippen LogP contribution in [0.15, 0.2) is 23.1 Å². The molecule has 1 saturated carbocycles. The van der Waals surface area contributed by atoms with Gasteiger partial charge in [-0.2, -0.15) is 0 Å². The van der Waals surface area contributed by atoms with Gasteiger partial charge in [-0.05, 0) is 31.0 Å². The van der Waals surface area contributed by atoms with Crippen LogP contribution in [0, 0.1) is 17.7 Å². The lowest BCUT2D eigenvalue weighted by molar-refractivity contribution is 0.411. The second kappa shape index (κ2) is 7.03. The van der Waals surface area contributed by atoms with Gasteiger partial charge < -0.3 is 5.73 Å². The first-order chi connectivity index (χ1) is 10.0. The fourth-order valence-electron chi connectivity index (χ4n) is 2.45. The van der Waals surface area contributed by atoms with Crippen molar-refractivity contribution in [3.05, 3.63) is 29.6 Å². The standard InChI is InChI=1S/C15H19FN2O2S/c16-14-11-12(5-4-10-17)8-9-15(14)21(19,20)18-13-6-2-1-3-7-13/h8-9,11,13,18H,1-3,6-7,10,17H2. The van der Waals surface area contributed by atoms with Crippen LogP contribution in [0.25, 0.3) is 0 Å². The molecule has 0 spiro atoms. The summed E-state index contributed by atoms with van der Waals surface area (Å²) in [5, 5.41) is 0. The molecular formula is C15H19FN2O2S. The molecule has 0 unspecified atom stereocenters. The summed E-state index contributed by atoms with van der Waals surface area (Å²) >= 11 is 0. The fraction of sp³-hybridized carbons (Fsp3) is 0.467. The van der Waals surface area contributed by atoms with Gasteiger partial charge in [0, 0.05) is 11.6 Å². The minimum Gasteiger partial charge on any atom is -0.320 e. The lowest BCUT2D eigenvalue weighted by atomic mass is 9.96. The van der Waals surface area contributed by atoms with Gasteiger partial charge in [0.05, 0.1) is 6.54 Å². The molecule has 114 valence electrons. The minimum absolute atomic E-state index is 0.0974. The van der Waals surface area contributed by atoms with Gasteiger partial charge >= 0.3 is 0 Å². The van der Waals surface area contributed by atoms with Crippen LogP contribution in [0.4, 0.5) is 4.39 Å². The van der Waals surface area contributed by atoms with E-state index < -0.39 is 15.8 Å². The zero-order valence-corrected chi connectivity index (χ0v) is 12.5. The summed E-state index contributed by atoms with van der Waals surface area (Å²) in [6.45, 7) is 0.172. The third-order valence-electron chi connectivity index (χ3n) is 3.48. The zero-order chi connectivity index (χ0) is 15.3. The maximum absolute atomic E-state index is 14.0. The molecule has 0 amide bonds. The fourth-order valence-corrected chi connectivity index (χ4v) is 3.82. The minimum atomic E-state index is -3.83. The summed E-state index contributed by atoms with van der Waals surface area (Å²) in [4.78, 5) is -0.327. The molecule has 2 rings (SSSR count). The zero-order valence-electron chi connectivity index (χ0n) is 11.7. The number of halogens is 1. The predicted octanol–water partition coefficient (Wildman–Crippen LogP) is 1.75. The first kappa shape index (κ1) is 16.0. The van der Waals surface area contributed by atoms with E-state index in [0.29, 0.717) is 5.56 Å². The Morgan fingerprint density at radius 2 is 2.00 bits per heavy atom. The lowest BCUT2D eigenvalue weighted by Gasteiger charge is -2.22. The van der Waals surface area contributed by atoms with E-state index in [0.717, 1.165) is 38.2 Å². The SMILES string of the molecule is NCC#Cc1ccc(S(=O)(=O)NC2CCCCC2)c(F)c1. The van der Waals surface area contributed by atoms with Crippen LogP contribution in [0.5, 0.6) is 0 Å². The van der Waals surface area contributed by atoms with Crippen molar-refractivity contribution < 1.29 is 12.8 Å². The molecule has 21 heavy (non-hydrogen) atoms. The molecule has 0 atom stereocenters. The highest BCUT2D eigenvalue weighted by molar-refractivity contribution is 7.89. The number of hydrogen-bond acceptors (Lipinski definition) is 3. The topological polar surface area (TPSA) is 72.2 Å². The van der Waals surface area contributed by atoms with Crippen molar-refractivity contribution in [2.45, 2.75) is 43.0 Å². The number of nitrogens with one attached hydrogen (secondary N) is 1. The molecule has 0 aliphatic heterocycles. The molecule has 6 heteroatoms. The summed E-state index contributed by atoms with van der Waals surface area (Å²) in [7, 11) is -3.83. The van der Waals surface area contributed by atoms with Crippen molar-refractivity contribution in [2.24, 2.45) is 5.73 Å². The smallest absolute Gasteiger partial charge is 0.243 e. The normalized spacial score (nSPS) is 16.3. The van der Waals surface area contributed by atoms with Crippen LogP contribution in [0.2, 0.25) is 0 Å². The third kappa shape index (κ3) is 4.27. The molecular weight excluding hydrogens is 291 g/mol. The van der Waals surface area contributed by atoms with E-state index in [1.807, 2.05) is 0 Å². The van der Waals surface area contributed by atoms with Crippen LogP contribution in [-0.4, -0.2) is 21.0 Å². The highest BCUT2D eigenvalue weighted by atomic mass is 32.2. The molecule has 1 aromatic rings. The summed E-state index contributed by atoms with van der Waals surface area (Å²) in [6, 6.07) is 3.76. The Morgan fingerprint density at radius 1 is 1.29 bits per heavy atom. The molecule has 0 saturated heterocycles. The van der Waals surface area contributed by atoms with Gasteiger partial charge in [-0.1, -0.05) is 31.1 Å². The third-order valence-corrected chi connectivity index (χ3v) is 5.04. The number of nitrogens with two attached hydrogens (primary N) is 1. The van der Waals surface area contributed by atoms with Gasteiger partial charge in [0.25, 0.3) is 0 Å². The van der Waals surface area contributed by atoms with Crippen molar-refractivity contribution in [3.8, 4) is 11.8 Å². The number of hydrogen-bond donors (Lipinski definition) is 2. The molecule has 0 radical (unpaired) electrons. The summed E-state index contributed by atoms with van der Waals surface area (Å²) in [5.74, 6) is 4.49. The van der Waals surface area contributed by atoms with E-state index in [2.05, 4.69) is 16.6 Å². The highest BCUT2D eigenvalue weighted by Crippen LogP contribution is 2.21. The Bertz CT molecular complexity index is 656. The quantitative estimate of drug-likeness (QED) is 0.835. The Labute approximate surface area is 125 Å². The Kier molecular flexibility index (Phi) is 5.34. The molecule has 0 aromatic heterocycles. The summed E-state index contributed by atoms with van der Waals surface area (Å²) < 4.78 is 41.1. The number of rotatable bonds is 3. The number of sulfonamides is 1. The van der Waals surface area contributed by atoms with Crippen molar-refractivity contribution in [3.63, 3.8) is 0 Å².